The van der Waals surface area contributed by atoms with E-state index in [0.717, 1.165) is 30.1 Å². The van der Waals surface area contributed by atoms with E-state index in [0.29, 0.717) is 11.8 Å². The lowest BCUT2D eigenvalue weighted by atomic mass is 9.96. The van der Waals surface area contributed by atoms with Crippen LogP contribution in [0.3, 0.4) is 0 Å². The second-order valence-corrected chi connectivity index (χ2v) is 4.81. The number of nitrogens with one attached hydrogen (secondary N) is 1. The Morgan fingerprint density at radius 3 is 2.53 bits per heavy atom. The third-order valence-corrected chi connectivity index (χ3v) is 3.21. The molecule has 0 fully saturated rings. The molecule has 0 aliphatic heterocycles. The molecule has 0 saturated heterocycles. The van der Waals surface area contributed by atoms with Gasteiger partial charge in [-0.3, -0.25) is 0 Å². The van der Waals surface area contributed by atoms with Crippen LogP contribution in [0.15, 0.2) is 18.2 Å². The summed E-state index contributed by atoms with van der Waals surface area (Å²) in [6.45, 7) is 8.10. The Hall–Kier alpha value is -1.22. The van der Waals surface area contributed by atoms with Crippen molar-refractivity contribution in [3.63, 3.8) is 0 Å². The highest BCUT2D eigenvalue weighted by atomic mass is 16.5. The summed E-state index contributed by atoms with van der Waals surface area (Å²) in [4.78, 5) is 0. The molecular weight excluding hydrogens is 212 g/mol. The molecule has 3 nitrogen and oxygen atoms in total. The number of methoxy groups -OCH3 is 1. The van der Waals surface area contributed by atoms with Crippen LogP contribution in [0.1, 0.15) is 19.4 Å². The maximum absolute atomic E-state index is 5.75. The van der Waals surface area contributed by atoms with Gasteiger partial charge in [-0.1, -0.05) is 13.8 Å². The summed E-state index contributed by atoms with van der Waals surface area (Å²) < 4.78 is 5.24. The average Bonchev–Trinajstić information content (AvgIpc) is 2.29. The number of benzene rings is 1. The summed E-state index contributed by atoms with van der Waals surface area (Å²) >= 11 is 0. The van der Waals surface area contributed by atoms with Crippen molar-refractivity contribution in [2.75, 3.05) is 25.5 Å². The predicted octanol–water partition coefficient (Wildman–Crippen LogP) is 2.65. The minimum atomic E-state index is 0.511. The van der Waals surface area contributed by atoms with Gasteiger partial charge in [-0.2, -0.15) is 0 Å². The normalized spacial score (nSPS) is 12.6. The van der Waals surface area contributed by atoms with Gasteiger partial charge in [0.1, 0.15) is 5.75 Å². The van der Waals surface area contributed by atoms with Crippen LogP contribution in [0.25, 0.3) is 0 Å². The summed E-state index contributed by atoms with van der Waals surface area (Å²) in [6, 6.07) is 6.14. The maximum Gasteiger partial charge on any atom is 0.121 e. The first-order valence-electron chi connectivity index (χ1n) is 6.17. The summed E-state index contributed by atoms with van der Waals surface area (Å²) in [6.07, 6.45) is 0. The maximum atomic E-state index is 5.75. The van der Waals surface area contributed by atoms with Gasteiger partial charge < -0.3 is 15.8 Å². The van der Waals surface area contributed by atoms with E-state index in [-0.39, 0.29) is 0 Å². The van der Waals surface area contributed by atoms with Crippen LogP contribution < -0.4 is 15.8 Å². The zero-order valence-corrected chi connectivity index (χ0v) is 11.3. The Kier molecular flexibility index (Phi) is 5.29. The zero-order chi connectivity index (χ0) is 12.8. The smallest absolute Gasteiger partial charge is 0.121 e. The highest BCUT2D eigenvalue weighted by molar-refractivity contribution is 5.50. The molecule has 0 amide bonds. The highest BCUT2D eigenvalue weighted by Crippen LogP contribution is 2.22. The summed E-state index contributed by atoms with van der Waals surface area (Å²) in [5.41, 5.74) is 8.03. The fourth-order valence-electron chi connectivity index (χ4n) is 1.83. The third kappa shape index (κ3) is 3.93. The number of nitrogens with two attached hydrogens (primary N) is 1. The monoisotopic (exact) mass is 236 g/mol. The lowest BCUT2D eigenvalue weighted by Crippen LogP contribution is -2.27. The van der Waals surface area contributed by atoms with Gasteiger partial charge in [0.25, 0.3) is 0 Å². The standard InChI is InChI=1S/C14H24N2O/c1-10(2)12(8-15)9-16-13-5-6-14(17-4)11(3)7-13/h5-7,10,12,16H,8-9,15H2,1-4H3. The first kappa shape index (κ1) is 13.8. The molecule has 3 N–H and O–H groups in total. The second kappa shape index (κ2) is 6.50. The van der Waals surface area contributed by atoms with E-state index in [9.17, 15) is 0 Å². The summed E-state index contributed by atoms with van der Waals surface area (Å²) in [7, 11) is 1.69. The molecule has 17 heavy (non-hydrogen) atoms. The minimum absolute atomic E-state index is 0.511. The van der Waals surface area contributed by atoms with Crippen LogP contribution in [0.4, 0.5) is 5.69 Å². The van der Waals surface area contributed by atoms with E-state index >= 15 is 0 Å². The second-order valence-electron chi connectivity index (χ2n) is 4.81. The van der Waals surface area contributed by atoms with E-state index in [2.05, 4.69) is 25.2 Å². The van der Waals surface area contributed by atoms with Gasteiger partial charge in [-0.15, -0.1) is 0 Å². The molecule has 1 aromatic carbocycles. The fraction of sp³-hybridized carbons (Fsp3) is 0.571. The van der Waals surface area contributed by atoms with E-state index in [1.165, 1.54) is 0 Å². The number of hydrogen-bond donors (Lipinski definition) is 2. The van der Waals surface area contributed by atoms with Gasteiger partial charge in [0.15, 0.2) is 0 Å². The first-order chi connectivity index (χ1) is 8.08. The Morgan fingerprint density at radius 1 is 1.35 bits per heavy atom. The van der Waals surface area contributed by atoms with Crippen LogP contribution in [-0.4, -0.2) is 20.2 Å². The Morgan fingerprint density at radius 2 is 2.06 bits per heavy atom. The van der Waals surface area contributed by atoms with Gasteiger partial charge in [0.05, 0.1) is 7.11 Å². The molecule has 0 radical (unpaired) electrons. The van der Waals surface area contributed by atoms with Crippen molar-refractivity contribution in [2.24, 2.45) is 17.6 Å². The molecule has 0 aromatic heterocycles. The van der Waals surface area contributed by atoms with E-state index in [1.807, 2.05) is 19.1 Å². The molecule has 96 valence electrons. The molecule has 1 aromatic rings. The molecule has 1 unspecified atom stereocenters. The summed E-state index contributed by atoms with van der Waals surface area (Å²) in [5, 5.41) is 3.43. The van der Waals surface area contributed by atoms with Gasteiger partial charge in [-0.05, 0) is 49.1 Å². The van der Waals surface area contributed by atoms with Crippen LogP contribution in [0.2, 0.25) is 0 Å². The van der Waals surface area contributed by atoms with Gasteiger partial charge in [0.2, 0.25) is 0 Å². The minimum Gasteiger partial charge on any atom is -0.496 e. The molecule has 1 rings (SSSR count). The van der Waals surface area contributed by atoms with Crippen molar-refractivity contribution >= 4 is 5.69 Å². The number of hydrogen-bond acceptors (Lipinski definition) is 3. The number of ether oxygens (including phenoxy) is 1. The topological polar surface area (TPSA) is 47.3 Å². The lowest BCUT2D eigenvalue weighted by molar-refractivity contribution is 0.410. The van der Waals surface area contributed by atoms with Crippen molar-refractivity contribution in [1.82, 2.24) is 0 Å². The van der Waals surface area contributed by atoms with Crippen molar-refractivity contribution in [3.05, 3.63) is 23.8 Å². The Bertz CT molecular complexity index is 350. The molecule has 0 bridgehead atoms. The van der Waals surface area contributed by atoms with Crippen LogP contribution >= 0.6 is 0 Å². The quantitative estimate of drug-likeness (QED) is 0.798. The van der Waals surface area contributed by atoms with Crippen LogP contribution in [0.5, 0.6) is 5.75 Å². The largest absolute Gasteiger partial charge is 0.496 e. The highest BCUT2D eigenvalue weighted by Gasteiger charge is 2.11. The Labute approximate surface area is 104 Å². The SMILES string of the molecule is COc1ccc(NCC(CN)C(C)C)cc1C. The van der Waals surface area contributed by atoms with Crippen molar-refractivity contribution < 1.29 is 4.74 Å². The van der Waals surface area contributed by atoms with Crippen LogP contribution in [-0.2, 0) is 0 Å². The summed E-state index contributed by atoms with van der Waals surface area (Å²) in [5.74, 6) is 2.04. The van der Waals surface area contributed by atoms with Gasteiger partial charge in [-0.25, -0.2) is 0 Å². The van der Waals surface area contributed by atoms with E-state index in [4.69, 9.17) is 10.5 Å². The van der Waals surface area contributed by atoms with Crippen molar-refractivity contribution in [3.8, 4) is 5.75 Å². The van der Waals surface area contributed by atoms with Gasteiger partial charge in [0, 0.05) is 12.2 Å². The molecule has 0 spiro atoms. The zero-order valence-electron chi connectivity index (χ0n) is 11.3. The predicted molar refractivity (Wildman–Crippen MR) is 73.6 cm³/mol. The first-order valence-corrected chi connectivity index (χ1v) is 6.17. The molecule has 3 heteroatoms. The molecule has 1 atom stereocenters. The fourth-order valence-corrected chi connectivity index (χ4v) is 1.83. The molecule has 0 saturated carbocycles. The number of rotatable bonds is 6. The van der Waals surface area contributed by atoms with Crippen molar-refractivity contribution in [2.45, 2.75) is 20.8 Å². The lowest BCUT2D eigenvalue weighted by Gasteiger charge is -2.20. The van der Waals surface area contributed by atoms with Crippen molar-refractivity contribution in [1.29, 1.82) is 0 Å². The molecule has 0 aliphatic rings. The molecular formula is C14H24N2O. The third-order valence-electron chi connectivity index (χ3n) is 3.21. The number of anilines is 1. The van der Waals surface area contributed by atoms with Gasteiger partial charge >= 0.3 is 0 Å². The van der Waals surface area contributed by atoms with E-state index < -0.39 is 0 Å². The van der Waals surface area contributed by atoms with E-state index in [1.54, 1.807) is 7.11 Å². The van der Waals surface area contributed by atoms with Crippen LogP contribution in [0, 0.1) is 18.8 Å². The average molecular weight is 236 g/mol. The Balaban J connectivity index is 2.60. The number of aryl methyl sites for hydroxylation is 1. The molecule has 0 aliphatic carbocycles. The molecule has 0 heterocycles.